The van der Waals surface area contributed by atoms with E-state index in [4.69, 9.17) is 18.9 Å². The fourth-order valence-electron chi connectivity index (χ4n) is 8.97. The summed E-state index contributed by atoms with van der Waals surface area (Å²) in [7, 11) is 5.96. The van der Waals surface area contributed by atoms with Gasteiger partial charge in [-0.3, -0.25) is 9.59 Å². The molecule has 464 valence electrons. The number of carbonyl (C=O) groups excluding carboxylic acids is 2. The van der Waals surface area contributed by atoms with Gasteiger partial charge < -0.3 is 28.5 Å². The van der Waals surface area contributed by atoms with Crippen LogP contribution in [-0.4, -0.2) is 87.4 Å². The van der Waals surface area contributed by atoms with Gasteiger partial charge in [0.1, 0.15) is 13.2 Å². The first-order chi connectivity index (χ1) is 39.6. The lowest BCUT2D eigenvalue weighted by molar-refractivity contribution is -0.870. The van der Waals surface area contributed by atoms with Crippen LogP contribution in [0.3, 0.4) is 0 Å². The predicted octanol–water partition coefficient (Wildman–Crippen LogP) is 20.2. The van der Waals surface area contributed by atoms with Gasteiger partial charge in [0.15, 0.2) is 6.10 Å². The molecule has 0 aliphatic heterocycles. The van der Waals surface area contributed by atoms with Gasteiger partial charge in [-0.05, 0) is 103 Å². The zero-order chi connectivity index (χ0) is 59.1. The van der Waals surface area contributed by atoms with E-state index >= 15 is 0 Å². The molecule has 0 radical (unpaired) electrons. The summed E-state index contributed by atoms with van der Waals surface area (Å²) in [5.41, 5.74) is 0. The normalized spacial score (nSPS) is 13.4. The molecule has 81 heavy (non-hydrogen) atoms. The van der Waals surface area contributed by atoms with Gasteiger partial charge in [-0.2, -0.15) is 0 Å². The topological polar surface area (TPSA) is 108 Å². The van der Waals surface area contributed by atoms with E-state index in [0.717, 1.165) is 96.3 Å². The van der Waals surface area contributed by atoms with Crippen molar-refractivity contribution >= 4 is 17.9 Å². The molecule has 0 heterocycles. The van der Waals surface area contributed by atoms with Gasteiger partial charge >= 0.3 is 17.9 Å². The molecule has 9 nitrogen and oxygen atoms in total. The first-order valence-corrected chi connectivity index (χ1v) is 33.1. The summed E-state index contributed by atoms with van der Waals surface area (Å²) < 4.78 is 22.9. The van der Waals surface area contributed by atoms with Crippen molar-refractivity contribution in [1.29, 1.82) is 0 Å². The van der Waals surface area contributed by atoms with E-state index in [-0.39, 0.29) is 32.2 Å². The number of aliphatic carboxylic acids is 1. The maximum Gasteiger partial charge on any atom is 0.361 e. The van der Waals surface area contributed by atoms with Crippen LogP contribution in [0, 0.1) is 0 Å². The fraction of sp³-hybridized carbons (Fsp3) is 0.708. The number of likely N-dealkylation sites (N-methyl/N-ethyl adjacent to an activating group) is 1. The summed E-state index contributed by atoms with van der Waals surface area (Å²) in [5.74, 6) is -2.04. The highest BCUT2D eigenvalue weighted by molar-refractivity contribution is 5.71. The van der Waals surface area contributed by atoms with Crippen LogP contribution in [0.15, 0.2) is 109 Å². The van der Waals surface area contributed by atoms with Crippen LogP contribution in [0.25, 0.3) is 0 Å². The van der Waals surface area contributed by atoms with Crippen molar-refractivity contribution in [2.75, 3.05) is 47.5 Å². The SMILES string of the molecule is CC/C=C\C/C=C\C/C=C\C/C=C\C/C=C\C/C=C\C/C=C\C/C=C\CCCCCCC(=O)OC(COC(=O)CCCCCCCCCCCCCCCCC/C=C\CCCCCCCCCC)COC(OCC[N+](C)(C)C)C(=O)O. The number of unbranched alkanes of at least 4 members (excludes halogenated alkanes) is 27. The molecule has 2 unspecified atom stereocenters. The number of hydrogen-bond donors (Lipinski definition) is 1. The average Bonchev–Trinajstić information content (AvgIpc) is 3.44. The third kappa shape index (κ3) is 63.4. The van der Waals surface area contributed by atoms with E-state index in [2.05, 4.69) is 123 Å². The molecule has 0 bridgehead atoms. The number of esters is 2. The standard InChI is InChI=1S/C72H123NO8/c1-6-8-10-12-14-16-18-20-22-24-26-28-30-32-34-35-37-39-41-43-45-47-49-51-53-55-57-59-61-63-70(75)81-68(67-80-72(71(76)77)78-65-64-73(3,4)5)66-79-69(74)62-60-58-56-54-52-50-48-46-44-42-40-38-36-33-31-29-27-25-23-21-19-17-15-13-11-9-7-2/h8,10,14,16,20,22,25-28,32,34,37,39,43,45,49,51,68,72H,6-7,9,11-13,15,17-19,21,23-24,29-31,33,35-36,38,40-42,44,46-48,50,52-67H2,1-5H3/p+1/b10-8-,16-14-,22-20-,27-25-,28-26-,34-32-,39-37-,45-43-,51-49-. The maximum absolute atomic E-state index is 12.9. The number of hydrogen-bond acceptors (Lipinski definition) is 7. The molecule has 0 amide bonds. The van der Waals surface area contributed by atoms with Crippen LogP contribution in [-0.2, 0) is 33.3 Å². The van der Waals surface area contributed by atoms with Crippen molar-refractivity contribution in [3.05, 3.63) is 109 Å². The number of carboxylic acids is 1. The molecule has 0 rings (SSSR count). The quantitative estimate of drug-likeness (QED) is 0.0211. The number of allylic oxidation sites excluding steroid dienone is 18. The Hall–Kier alpha value is -4.05. The molecule has 2 atom stereocenters. The molecule has 0 saturated carbocycles. The summed E-state index contributed by atoms with van der Waals surface area (Å²) in [4.78, 5) is 37.6. The van der Waals surface area contributed by atoms with E-state index in [0.29, 0.717) is 23.9 Å². The van der Waals surface area contributed by atoms with Crippen LogP contribution in [0.2, 0.25) is 0 Å². The number of carbonyl (C=O) groups is 3. The first-order valence-electron chi connectivity index (χ1n) is 33.1. The molecule has 0 fully saturated rings. The molecular weight excluding hydrogens is 1010 g/mol. The minimum atomic E-state index is -1.52. The summed E-state index contributed by atoms with van der Waals surface area (Å²) in [6, 6.07) is 0. The first kappa shape index (κ1) is 77.0. The van der Waals surface area contributed by atoms with E-state index < -0.39 is 24.3 Å². The van der Waals surface area contributed by atoms with Crippen molar-refractivity contribution in [3.63, 3.8) is 0 Å². The Morgan fingerprint density at radius 3 is 1.06 bits per heavy atom. The summed E-state index contributed by atoms with van der Waals surface area (Å²) in [6.07, 6.45) is 83.3. The van der Waals surface area contributed by atoms with Crippen LogP contribution in [0.1, 0.15) is 271 Å². The second-order valence-electron chi connectivity index (χ2n) is 23.0. The van der Waals surface area contributed by atoms with Crippen LogP contribution in [0.5, 0.6) is 0 Å². The Kier molecular flexibility index (Phi) is 58.9. The number of quaternary nitrogens is 1. The molecule has 0 aromatic carbocycles. The Labute approximate surface area is 498 Å². The second kappa shape index (κ2) is 62.0. The minimum absolute atomic E-state index is 0.177. The minimum Gasteiger partial charge on any atom is -0.477 e. The van der Waals surface area contributed by atoms with Gasteiger partial charge in [-0.25, -0.2) is 4.79 Å². The maximum atomic E-state index is 12.9. The van der Waals surface area contributed by atoms with Gasteiger partial charge in [0.25, 0.3) is 6.29 Å². The van der Waals surface area contributed by atoms with Gasteiger partial charge in [0, 0.05) is 12.8 Å². The zero-order valence-corrected chi connectivity index (χ0v) is 52.9. The van der Waals surface area contributed by atoms with E-state index in [1.165, 1.54) is 141 Å². The molecule has 0 saturated heterocycles. The van der Waals surface area contributed by atoms with Crippen molar-refractivity contribution in [2.45, 2.75) is 283 Å². The summed E-state index contributed by atoms with van der Waals surface area (Å²) >= 11 is 0. The smallest absolute Gasteiger partial charge is 0.361 e. The van der Waals surface area contributed by atoms with Crippen LogP contribution >= 0.6 is 0 Å². The average molecular weight is 1130 g/mol. The highest BCUT2D eigenvalue weighted by Crippen LogP contribution is 2.16. The molecule has 0 spiro atoms. The largest absolute Gasteiger partial charge is 0.477 e. The molecule has 0 aliphatic carbocycles. The van der Waals surface area contributed by atoms with Crippen molar-refractivity contribution < 1.29 is 42.9 Å². The number of carboxylic acid groups (broad SMARTS) is 1. The fourth-order valence-corrected chi connectivity index (χ4v) is 8.97. The van der Waals surface area contributed by atoms with Crippen molar-refractivity contribution in [2.24, 2.45) is 0 Å². The van der Waals surface area contributed by atoms with Crippen molar-refractivity contribution in [1.82, 2.24) is 0 Å². The summed E-state index contributed by atoms with van der Waals surface area (Å²) in [6.45, 7) is 4.75. The molecule has 9 heteroatoms. The Bertz CT molecular complexity index is 1700. The Morgan fingerprint density at radius 1 is 0.383 bits per heavy atom. The van der Waals surface area contributed by atoms with Crippen LogP contribution in [0.4, 0.5) is 0 Å². The highest BCUT2D eigenvalue weighted by Gasteiger charge is 2.25. The molecule has 0 aromatic rings. The number of nitrogens with zero attached hydrogens (tertiary/aromatic N) is 1. The monoisotopic (exact) mass is 1130 g/mol. The van der Waals surface area contributed by atoms with Crippen molar-refractivity contribution in [3.8, 4) is 0 Å². The zero-order valence-electron chi connectivity index (χ0n) is 52.9. The van der Waals surface area contributed by atoms with E-state index in [9.17, 15) is 19.5 Å². The highest BCUT2D eigenvalue weighted by atomic mass is 16.7. The number of ether oxygens (including phenoxy) is 4. The second-order valence-corrected chi connectivity index (χ2v) is 23.0. The van der Waals surface area contributed by atoms with E-state index in [1.807, 2.05) is 21.1 Å². The van der Waals surface area contributed by atoms with Gasteiger partial charge in [0.2, 0.25) is 0 Å². The number of rotatable bonds is 60. The molecule has 0 aliphatic rings. The molecule has 0 aromatic heterocycles. The van der Waals surface area contributed by atoms with Gasteiger partial charge in [0.05, 0.1) is 34.4 Å². The molecular formula is C72H124NO8+. The summed E-state index contributed by atoms with van der Waals surface area (Å²) in [5, 5.41) is 9.73. The van der Waals surface area contributed by atoms with Crippen LogP contribution < -0.4 is 0 Å². The lowest BCUT2D eigenvalue weighted by Gasteiger charge is -2.25. The predicted molar refractivity (Wildman–Crippen MR) is 345 cm³/mol. The lowest BCUT2D eigenvalue weighted by atomic mass is 10.0. The molecule has 1 N–H and O–H groups in total. The Morgan fingerprint density at radius 2 is 0.704 bits per heavy atom. The van der Waals surface area contributed by atoms with E-state index in [1.54, 1.807) is 0 Å². The Balaban J connectivity index is 4.24. The lowest BCUT2D eigenvalue weighted by Crippen LogP contribution is -2.40. The van der Waals surface area contributed by atoms with Gasteiger partial charge in [-0.1, -0.05) is 264 Å². The third-order valence-electron chi connectivity index (χ3n) is 14.0. The third-order valence-corrected chi connectivity index (χ3v) is 14.0. The van der Waals surface area contributed by atoms with Gasteiger partial charge in [-0.15, -0.1) is 0 Å².